The number of amides is 1. The molecule has 0 aliphatic heterocycles. The number of hydrogen-bond acceptors (Lipinski definition) is 3. The molecule has 0 aliphatic carbocycles. The molecule has 0 fully saturated rings. The normalized spacial score (nSPS) is 10.8. The van der Waals surface area contributed by atoms with Crippen LogP contribution in [0, 0.1) is 0 Å². The predicted octanol–water partition coefficient (Wildman–Crippen LogP) is 4.56. The Morgan fingerprint density at radius 1 is 1.25 bits per heavy atom. The molecule has 0 aliphatic rings. The summed E-state index contributed by atoms with van der Waals surface area (Å²) in [6.07, 6.45) is 3.90. The quantitative estimate of drug-likeness (QED) is 0.563. The number of ether oxygens (including phenoxy) is 1. The van der Waals surface area contributed by atoms with Crippen LogP contribution in [0.1, 0.15) is 37.3 Å². The van der Waals surface area contributed by atoms with Crippen LogP contribution in [-0.4, -0.2) is 12.1 Å². The zero-order valence-electron chi connectivity index (χ0n) is 13.7. The van der Waals surface area contributed by atoms with E-state index in [9.17, 15) is 4.79 Å². The monoisotopic (exact) mass is 344 g/mol. The summed E-state index contributed by atoms with van der Waals surface area (Å²) in [4.78, 5) is 11.5. The maximum absolute atomic E-state index is 11.5. The van der Waals surface area contributed by atoms with Gasteiger partial charge in [-0.05, 0) is 35.7 Å². The van der Waals surface area contributed by atoms with Crippen LogP contribution in [0.2, 0.25) is 5.02 Å². The average Bonchev–Trinajstić information content (AvgIpc) is 2.60. The first-order valence-corrected chi connectivity index (χ1v) is 8.35. The smallest absolute Gasteiger partial charge is 0.240 e. The fourth-order valence-electron chi connectivity index (χ4n) is 2.02. The molecule has 0 heterocycles. The summed E-state index contributed by atoms with van der Waals surface area (Å²) in [6.45, 7) is 2.50. The maximum atomic E-state index is 11.5. The zero-order valence-corrected chi connectivity index (χ0v) is 14.4. The Bertz CT molecular complexity index is 687. The molecule has 0 bridgehead atoms. The number of benzene rings is 2. The SMILES string of the molecule is CCCCC(=O)N/N=C/c1ccc(OCc2ccccc2)c(Cl)c1. The molecule has 0 saturated carbocycles. The Labute approximate surface area is 147 Å². The minimum absolute atomic E-state index is 0.0815. The first-order chi connectivity index (χ1) is 11.7. The molecule has 1 N–H and O–H groups in total. The van der Waals surface area contributed by atoms with Crippen molar-refractivity contribution in [3.63, 3.8) is 0 Å². The van der Waals surface area contributed by atoms with Gasteiger partial charge in [-0.25, -0.2) is 5.43 Å². The van der Waals surface area contributed by atoms with Gasteiger partial charge in [0.1, 0.15) is 12.4 Å². The van der Waals surface area contributed by atoms with Crippen molar-refractivity contribution < 1.29 is 9.53 Å². The molecule has 2 rings (SSSR count). The average molecular weight is 345 g/mol. The summed E-state index contributed by atoms with van der Waals surface area (Å²) < 4.78 is 5.72. The van der Waals surface area contributed by atoms with Crippen LogP contribution in [0.15, 0.2) is 53.6 Å². The minimum atomic E-state index is -0.0815. The van der Waals surface area contributed by atoms with Gasteiger partial charge in [0.05, 0.1) is 11.2 Å². The lowest BCUT2D eigenvalue weighted by molar-refractivity contribution is -0.121. The summed E-state index contributed by atoms with van der Waals surface area (Å²) in [5, 5.41) is 4.44. The minimum Gasteiger partial charge on any atom is -0.487 e. The van der Waals surface area contributed by atoms with Crippen molar-refractivity contribution in [2.24, 2.45) is 5.10 Å². The van der Waals surface area contributed by atoms with Crippen LogP contribution in [0.4, 0.5) is 0 Å². The summed E-state index contributed by atoms with van der Waals surface area (Å²) >= 11 is 6.23. The largest absolute Gasteiger partial charge is 0.487 e. The highest BCUT2D eigenvalue weighted by Gasteiger charge is 2.03. The number of nitrogens with one attached hydrogen (secondary N) is 1. The molecule has 0 radical (unpaired) electrons. The van der Waals surface area contributed by atoms with Crippen molar-refractivity contribution in [1.82, 2.24) is 5.43 Å². The van der Waals surface area contributed by atoms with Gasteiger partial charge >= 0.3 is 0 Å². The number of hydrogen-bond donors (Lipinski definition) is 1. The van der Waals surface area contributed by atoms with Gasteiger partial charge in [-0.15, -0.1) is 0 Å². The van der Waals surface area contributed by atoms with E-state index < -0.39 is 0 Å². The van der Waals surface area contributed by atoms with Gasteiger partial charge < -0.3 is 4.74 Å². The highest BCUT2D eigenvalue weighted by atomic mass is 35.5. The number of carbonyl (C=O) groups excluding carboxylic acids is 1. The number of unbranched alkanes of at least 4 members (excludes halogenated alkanes) is 1. The molecule has 24 heavy (non-hydrogen) atoms. The molecule has 1 amide bonds. The van der Waals surface area contributed by atoms with Crippen molar-refractivity contribution >= 4 is 23.7 Å². The number of hydrazone groups is 1. The molecule has 0 spiro atoms. The second kappa shape index (κ2) is 9.73. The first-order valence-electron chi connectivity index (χ1n) is 7.97. The molecule has 0 atom stereocenters. The summed E-state index contributed by atoms with van der Waals surface area (Å²) in [5.74, 6) is 0.534. The van der Waals surface area contributed by atoms with Crippen LogP contribution in [0.25, 0.3) is 0 Å². The Balaban J connectivity index is 1.88. The number of rotatable bonds is 8. The molecule has 2 aromatic rings. The van der Waals surface area contributed by atoms with Crippen LogP contribution < -0.4 is 10.2 Å². The highest BCUT2D eigenvalue weighted by Crippen LogP contribution is 2.25. The molecule has 5 heteroatoms. The second-order valence-electron chi connectivity index (χ2n) is 5.36. The third-order valence-corrected chi connectivity index (χ3v) is 3.65. The third-order valence-electron chi connectivity index (χ3n) is 3.35. The van der Waals surface area contributed by atoms with Crippen LogP contribution in [0.5, 0.6) is 5.75 Å². The van der Waals surface area contributed by atoms with Crippen molar-refractivity contribution in [3.8, 4) is 5.75 Å². The predicted molar refractivity (Wildman–Crippen MR) is 97.5 cm³/mol. The van der Waals surface area contributed by atoms with Crippen molar-refractivity contribution in [2.75, 3.05) is 0 Å². The molecule has 0 aromatic heterocycles. The molecule has 4 nitrogen and oxygen atoms in total. The first kappa shape index (κ1) is 18.0. The third kappa shape index (κ3) is 6.05. The lowest BCUT2D eigenvalue weighted by Gasteiger charge is -2.08. The van der Waals surface area contributed by atoms with Gasteiger partial charge in [-0.2, -0.15) is 5.10 Å². The Morgan fingerprint density at radius 2 is 2.04 bits per heavy atom. The van der Waals surface area contributed by atoms with Gasteiger partial charge in [-0.1, -0.05) is 55.3 Å². The van der Waals surface area contributed by atoms with E-state index in [2.05, 4.69) is 10.5 Å². The van der Waals surface area contributed by atoms with Gasteiger partial charge in [0, 0.05) is 6.42 Å². The number of nitrogens with zero attached hydrogens (tertiary/aromatic N) is 1. The van der Waals surface area contributed by atoms with Gasteiger partial charge in [0.2, 0.25) is 5.91 Å². The van der Waals surface area contributed by atoms with Gasteiger partial charge in [0.25, 0.3) is 0 Å². The topological polar surface area (TPSA) is 50.7 Å². The molecular weight excluding hydrogens is 324 g/mol. The van der Waals surface area contributed by atoms with E-state index in [4.69, 9.17) is 16.3 Å². The van der Waals surface area contributed by atoms with E-state index >= 15 is 0 Å². The van der Waals surface area contributed by atoms with Crippen molar-refractivity contribution in [3.05, 3.63) is 64.7 Å². The lowest BCUT2D eigenvalue weighted by Crippen LogP contribution is -2.16. The Hall–Kier alpha value is -2.33. The van der Waals surface area contributed by atoms with Crippen molar-refractivity contribution in [1.29, 1.82) is 0 Å². The fraction of sp³-hybridized carbons (Fsp3) is 0.263. The molecular formula is C19H21ClN2O2. The standard InChI is InChI=1S/C19H21ClN2O2/c1-2-3-9-19(23)22-21-13-16-10-11-18(17(20)12-16)24-14-15-7-5-4-6-8-15/h4-8,10-13H,2-3,9,14H2,1H3,(H,22,23)/b21-13+. The fourth-order valence-corrected chi connectivity index (χ4v) is 2.27. The Kier molecular flexibility index (Phi) is 7.30. The van der Waals surface area contributed by atoms with E-state index in [1.54, 1.807) is 18.3 Å². The molecule has 0 unspecified atom stereocenters. The molecule has 0 saturated heterocycles. The van der Waals surface area contributed by atoms with E-state index in [-0.39, 0.29) is 5.91 Å². The molecule has 2 aromatic carbocycles. The summed E-state index contributed by atoms with van der Waals surface area (Å²) in [5.41, 5.74) is 4.37. The van der Waals surface area contributed by atoms with E-state index in [0.29, 0.717) is 23.8 Å². The van der Waals surface area contributed by atoms with E-state index in [1.807, 2.05) is 43.3 Å². The van der Waals surface area contributed by atoms with Crippen LogP contribution >= 0.6 is 11.6 Å². The second-order valence-corrected chi connectivity index (χ2v) is 5.77. The van der Waals surface area contributed by atoms with Gasteiger partial charge in [0.15, 0.2) is 0 Å². The summed E-state index contributed by atoms with van der Waals surface area (Å²) in [7, 11) is 0. The van der Waals surface area contributed by atoms with Gasteiger partial charge in [-0.3, -0.25) is 4.79 Å². The highest BCUT2D eigenvalue weighted by molar-refractivity contribution is 6.32. The van der Waals surface area contributed by atoms with E-state index in [1.165, 1.54) is 0 Å². The summed E-state index contributed by atoms with van der Waals surface area (Å²) in [6, 6.07) is 15.3. The van der Waals surface area contributed by atoms with Crippen molar-refractivity contribution in [2.45, 2.75) is 32.8 Å². The van der Waals surface area contributed by atoms with Crippen LogP contribution in [-0.2, 0) is 11.4 Å². The zero-order chi connectivity index (χ0) is 17.2. The van der Waals surface area contributed by atoms with Crippen LogP contribution in [0.3, 0.4) is 0 Å². The number of halogens is 1. The maximum Gasteiger partial charge on any atom is 0.240 e. The van der Waals surface area contributed by atoms with E-state index in [0.717, 1.165) is 24.0 Å². The Morgan fingerprint density at radius 3 is 2.75 bits per heavy atom. The lowest BCUT2D eigenvalue weighted by atomic mass is 10.2. The molecule has 126 valence electrons. The number of carbonyl (C=O) groups is 1.